The van der Waals surface area contributed by atoms with E-state index in [-0.39, 0.29) is 19.1 Å². The molecular weight excluding hydrogens is 446 g/mol. The van der Waals surface area contributed by atoms with Crippen molar-refractivity contribution in [2.75, 3.05) is 27.7 Å². The largest absolute Gasteiger partial charge is 0.444 e. The highest BCUT2D eigenvalue weighted by atomic mass is 16.6. The molecule has 2 rings (SSSR count). The molecule has 0 aromatic heterocycles. The Morgan fingerprint density at radius 2 is 1.40 bits per heavy atom. The van der Waals surface area contributed by atoms with Gasteiger partial charge in [0.15, 0.2) is 0 Å². The molecule has 3 amide bonds. The second kappa shape index (κ2) is 12.9. The van der Waals surface area contributed by atoms with Crippen molar-refractivity contribution in [3.05, 3.63) is 71.8 Å². The first kappa shape index (κ1) is 27.9. The number of amides is 3. The average Bonchev–Trinajstić information content (AvgIpc) is 2.83. The van der Waals surface area contributed by atoms with Gasteiger partial charge in [-0.1, -0.05) is 60.7 Å². The molecule has 2 aromatic rings. The molecule has 0 saturated heterocycles. The van der Waals surface area contributed by atoms with Crippen molar-refractivity contribution < 1.29 is 23.9 Å². The highest BCUT2D eigenvalue weighted by Gasteiger charge is 2.36. The first-order chi connectivity index (χ1) is 16.5. The van der Waals surface area contributed by atoms with Gasteiger partial charge in [0.05, 0.1) is 13.2 Å². The number of carbonyl (C=O) groups is 3. The Labute approximate surface area is 208 Å². The van der Waals surface area contributed by atoms with Crippen LogP contribution in [0.3, 0.4) is 0 Å². The van der Waals surface area contributed by atoms with Gasteiger partial charge >= 0.3 is 6.09 Å². The summed E-state index contributed by atoms with van der Waals surface area (Å²) in [7, 11) is 4.60. The Morgan fingerprint density at radius 3 is 1.91 bits per heavy atom. The lowest BCUT2D eigenvalue weighted by Gasteiger charge is -2.34. The van der Waals surface area contributed by atoms with E-state index in [1.54, 1.807) is 27.8 Å². The van der Waals surface area contributed by atoms with Crippen molar-refractivity contribution in [3.8, 4) is 0 Å². The summed E-state index contributed by atoms with van der Waals surface area (Å²) < 4.78 is 11.3. The molecule has 0 unspecified atom stereocenters. The van der Waals surface area contributed by atoms with Gasteiger partial charge in [0.1, 0.15) is 17.7 Å². The van der Waals surface area contributed by atoms with Crippen LogP contribution in [0.4, 0.5) is 4.79 Å². The molecular formula is C27H37N3O5. The lowest BCUT2D eigenvalue weighted by atomic mass is 10.0. The van der Waals surface area contributed by atoms with Gasteiger partial charge in [-0.2, -0.15) is 0 Å². The van der Waals surface area contributed by atoms with Crippen molar-refractivity contribution in [2.45, 2.75) is 51.5 Å². The maximum absolute atomic E-state index is 13.7. The van der Waals surface area contributed by atoms with Crippen molar-refractivity contribution in [2.24, 2.45) is 0 Å². The number of nitrogens with one attached hydrogen (secondary N) is 1. The lowest BCUT2D eigenvalue weighted by Crippen LogP contribution is -2.56. The van der Waals surface area contributed by atoms with Gasteiger partial charge in [0.25, 0.3) is 0 Å². The number of hydrogen-bond donors (Lipinski definition) is 1. The third-order valence-corrected chi connectivity index (χ3v) is 5.46. The van der Waals surface area contributed by atoms with Gasteiger partial charge in [-0.25, -0.2) is 4.79 Å². The molecule has 0 spiro atoms. The van der Waals surface area contributed by atoms with Gasteiger partial charge in [0.2, 0.25) is 11.8 Å². The fourth-order valence-corrected chi connectivity index (χ4v) is 3.47. The van der Waals surface area contributed by atoms with Crippen molar-refractivity contribution >= 4 is 17.9 Å². The van der Waals surface area contributed by atoms with Crippen LogP contribution in [0.2, 0.25) is 0 Å². The molecule has 0 heterocycles. The van der Waals surface area contributed by atoms with E-state index < -0.39 is 29.7 Å². The monoisotopic (exact) mass is 483 g/mol. The van der Waals surface area contributed by atoms with Crippen molar-refractivity contribution in [1.82, 2.24) is 15.1 Å². The quantitative estimate of drug-likeness (QED) is 0.561. The Hall–Kier alpha value is -3.39. The summed E-state index contributed by atoms with van der Waals surface area (Å²) in [5.74, 6) is -0.718. The predicted octanol–water partition coefficient (Wildman–Crippen LogP) is 3.25. The Balaban J connectivity index is 2.25. The fraction of sp³-hybridized carbons (Fsp3) is 0.444. The zero-order valence-electron chi connectivity index (χ0n) is 21.5. The minimum atomic E-state index is -0.985. The summed E-state index contributed by atoms with van der Waals surface area (Å²) in [6.45, 7) is 5.50. The number of ether oxygens (including phenoxy) is 2. The van der Waals surface area contributed by atoms with Crippen LogP contribution in [0.5, 0.6) is 0 Å². The van der Waals surface area contributed by atoms with Crippen LogP contribution in [0.1, 0.15) is 31.9 Å². The number of nitrogens with zero attached hydrogens (tertiary/aromatic N) is 2. The molecule has 8 heteroatoms. The maximum atomic E-state index is 13.7. The molecule has 0 aliphatic carbocycles. The Morgan fingerprint density at radius 1 is 0.857 bits per heavy atom. The molecule has 0 radical (unpaired) electrons. The molecule has 0 aliphatic rings. The molecule has 0 fully saturated rings. The third kappa shape index (κ3) is 8.72. The van der Waals surface area contributed by atoms with Crippen LogP contribution >= 0.6 is 0 Å². The topological polar surface area (TPSA) is 88.2 Å². The maximum Gasteiger partial charge on any atom is 0.410 e. The number of rotatable bonds is 10. The van der Waals surface area contributed by atoms with E-state index in [0.29, 0.717) is 6.42 Å². The van der Waals surface area contributed by atoms with E-state index in [1.165, 1.54) is 23.9 Å². The van der Waals surface area contributed by atoms with Crippen LogP contribution in [0.15, 0.2) is 60.7 Å². The average molecular weight is 484 g/mol. The Bertz CT molecular complexity index is 960. The van der Waals surface area contributed by atoms with Crippen molar-refractivity contribution in [1.29, 1.82) is 0 Å². The normalized spacial score (nSPS) is 12.9. The van der Waals surface area contributed by atoms with E-state index in [9.17, 15) is 14.4 Å². The zero-order chi connectivity index (χ0) is 26.0. The molecule has 2 aromatic carbocycles. The molecule has 0 bridgehead atoms. The van der Waals surface area contributed by atoms with Gasteiger partial charge < -0.3 is 19.7 Å². The molecule has 35 heavy (non-hydrogen) atoms. The first-order valence-electron chi connectivity index (χ1n) is 11.6. The second-order valence-electron chi connectivity index (χ2n) is 9.38. The van der Waals surface area contributed by atoms with E-state index in [4.69, 9.17) is 9.47 Å². The molecule has 2 atom stereocenters. The number of benzene rings is 2. The standard InChI is InChI=1S/C27H37N3O5/c1-27(2,3)35-26(33)30(6)23(19-34-18-21-15-11-8-12-16-21)25(32)29(5)22(24(31)28-4)17-20-13-9-7-10-14-20/h7-16,22-23H,17-19H2,1-6H3,(H,28,31)/t22-,23-/m1/s1. The van der Waals surface area contributed by atoms with Gasteiger partial charge in [0, 0.05) is 27.6 Å². The summed E-state index contributed by atoms with van der Waals surface area (Å²) in [6, 6.07) is 17.3. The number of carbonyl (C=O) groups excluding carboxylic acids is 3. The fourth-order valence-electron chi connectivity index (χ4n) is 3.47. The van der Waals surface area contributed by atoms with Crippen molar-refractivity contribution in [3.63, 3.8) is 0 Å². The van der Waals surface area contributed by atoms with E-state index in [1.807, 2.05) is 60.7 Å². The van der Waals surface area contributed by atoms with Crippen LogP contribution in [-0.2, 0) is 32.1 Å². The van der Waals surface area contributed by atoms with Crippen LogP contribution in [-0.4, -0.2) is 73.1 Å². The molecule has 8 nitrogen and oxygen atoms in total. The predicted molar refractivity (Wildman–Crippen MR) is 135 cm³/mol. The summed E-state index contributed by atoms with van der Waals surface area (Å²) >= 11 is 0. The Kier molecular flexibility index (Phi) is 10.3. The minimum Gasteiger partial charge on any atom is -0.444 e. The van der Waals surface area contributed by atoms with Gasteiger partial charge in [-0.15, -0.1) is 0 Å². The van der Waals surface area contributed by atoms with Gasteiger partial charge in [-0.05, 0) is 31.9 Å². The van der Waals surface area contributed by atoms with Crippen LogP contribution < -0.4 is 5.32 Å². The number of hydrogen-bond acceptors (Lipinski definition) is 5. The highest BCUT2D eigenvalue weighted by Crippen LogP contribution is 2.16. The van der Waals surface area contributed by atoms with E-state index >= 15 is 0 Å². The van der Waals surface area contributed by atoms with Crippen LogP contribution in [0, 0.1) is 0 Å². The highest BCUT2D eigenvalue weighted by molar-refractivity contribution is 5.91. The summed E-state index contributed by atoms with van der Waals surface area (Å²) in [6.07, 6.45) is -0.316. The summed E-state index contributed by atoms with van der Waals surface area (Å²) in [4.78, 5) is 41.8. The summed E-state index contributed by atoms with van der Waals surface area (Å²) in [5.41, 5.74) is 1.13. The minimum absolute atomic E-state index is 0.0559. The molecule has 190 valence electrons. The summed E-state index contributed by atoms with van der Waals surface area (Å²) in [5, 5.41) is 2.64. The zero-order valence-corrected chi connectivity index (χ0v) is 21.5. The second-order valence-corrected chi connectivity index (χ2v) is 9.38. The smallest absolute Gasteiger partial charge is 0.410 e. The van der Waals surface area contributed by atoms with E-state index in [0.717, 1.165) is 11.1 Å². The van der Waals surface area contributed by atoms with Gasteiger partial charge in [-0.3, -0.25) is 14.5 Å². The van der Waals surface area contributed by atoms with E-state index in [2.05, 4.69) is 5.32 Å². The molecule has 0 aliphatic heterocycles. The van der Waals surface area contributed by atoms with Crippen LogP contribution in [0.25, 0.3) is 0 Å². The number of likely N-dealkylation sites (N-methyl/N-ethyl adjacent to an activating group) is 3. The first-order valence-corrected chi connectivity index (χ1v) is 11.6. The molecule has 0 saturated carbocycles. The lowest BCUT2D eigenvalue weighted by molar-refractivity contribution is -0.144. The molecule has 1 N–H and O–H groups in total. The third-order valence-electron chi connectivity index (χ3n) is 5.46. The SMILES string of the molecule is CNC(=O)[C@@H](Cc1ccccc1)N(C)C(=O)[C@@H](COCc1ccccc1)N(C)C(=O)OC(C)(C)C.